The molecule has 0 saturated carbocycles. The highest BCUT2D eigenvalue weighted by Gasteiger charge is 2.14. The van der Waals surface area contributed by atoms with Crippen molar-refractivity contribution in [1.29, 1.82) is 0 Å². The minimum absolute atomic E-state index is 0.0423. The van der Waals surface area contributed by atoms with Crippen LogP contribution in [0.2, 0.25) is 0 Å². The van der Waals surface area contributed by atoms with Crippen molar-refractivity contribution in [3.05, 3.63) is 77.4 Å². The van der Waals surface area contributed by atoms with Gasteiger partial charge >= 0.3 is 0 Å². The highest BCUT2D eigenvalue weighted by molar-refractivity contribution is 7.85. The second-order valence-corrected chi connectivity index (χ2v) is 9.13. The molecule has 0 unspecified atom stereocenters. The zero-order chi connectivity index (χ0) is 22.3. The van der Waals surface area contributed by atoms with E-state index in [2.05, 4.69) is 0 Å². The lowest BCUT2D eigenvalue weighted by Gasteiger charge is -2.08. The van der Waals surface area contributed by atoms with E-state index in [-0.39, 0.29) is 30.1 Å². The molecule has 7 heteroatoms. The van der Waals surface area contributed by atoms with Crippen molar-refractivity contribution in [1.82, 2.24) is 0 Å². The van der Waals surface area contributed by atoms with Crippen LogP contribution in [0.15, 0.2) is 65.6 Å². The third kappa shape index (κ3) is 4.38. The molecule has 0 amide bonds. The first kappa shape index (κ1) is 20.8. The average Bonchev–Trinajstić information content (AvgIpc) is 2.68. The smallest absolute Gasteiger partial charge is 0.294 e. The zero-order valence-corrected chi connectivity index (χ0v) is 17.5. The molecule has 0 heterocycles. The Labute approximate surface area is 179 Å². The van der Waals surface area contributed by atoms with Crippen LogP contribution in [-0.4, -0.2) is 29.0 Å². The standard InChI is InChI=1S/C24H20O6S/c1-14-6-17-4-2-15(10-21(17)23(26)7-14)8-19(25)9-16-3-5-18-12-20(31(28,29)30)13-24(27)22(18)11-16/h2-7,10-13,26-27H,8-9H2,1H3,(H,28,29,30). The lowest BCUT2D eigenvalue weighted by Crippen LogP contribution is -2.06. The van der Waals surface area contributed by atoms with Gasteiger partial charge in [-0.2, -0.15) is 8.42 Å². The van der Waals surface area contributed by atoms with E-state index >= 15 is 0 Å². The molecule has 0 atom stereocenters. The van der Waals surface area contributed by atoms with Gasteiger partial charge < -0.3 is 10.2 Å². The summed E-state index contributed by atoms with van der Waals surface area (Å²) in [6, 6.07) is 16.4. The Balaban J connectivity index is 1.57. The third-order valence-electron chi connectivity index (χ3n) is 5.21. The molecule has 0 aromatic heterocycles. The number of phenols is 2. The van der Waals surface area contributed by atoms with Crippen molar-refractivity contribution in [3.63, 3.8) is 0 Å². The van der Waals surface area contributed by atoms with Crippen molar-refractivity contribution in [2.75, 3.05) is 0 Å². The quantitative estimate of drug-likeness (QED) is 0.402. The van der Waals surface area contributed by atoms with E-state index in [9.17, 15) is 28.0 Å². The van der Waals surface area contributed by atoms with Gasteiger partial charge in [-0.1, -0.05) is 30.3 Å². The monoisotopic (exact) mass is 436 g/mol. The maximum absolute atomic E-state index is 12.6. The first-order valence-corrected chi connectivity index (χ1v) is 11.0. The summed E-state index contributed by atoms with van der Waals surface area (Å²) < 4.78 is 31.8. The van der Waals surface area contributed by atoms with Crippen molar-refractivity contribution in [2.24, 2.45) is 0 Å². The number of benzene rings is 4. The van der Waals surface area contributed by atoms with Gasteiger partial charge in [-0.15, -0.1) is 0 Å². The number of aryl methyl sites for hydroxylation is 1. The van der Waals surface area contributed by atoms with Gasteiger partial charge in [-0.3, -0.25) is 9.35 Å². The molecule has 31 heavy (non-hydrogen) atoms. The Morgan fingerprint density at radius 2 is 1.29 bits per heavy atom. The Kier molecular flexibility index (Phi) is 5.16. The SMILES string of the molecule is Cc1cc(O)c2cc(CC(=O)Cc3ccc4cc(S(=O)(=O)O)cc(O)c4c3)ccc2c1. The van der Waals surface area contributed by atoms with E-state index in [0.717, 1.165) is 22.6 Å². The lowest BCUT2D eigenvalue weighted by molar-refractivity contribution is -0.117. The maximum Gasteiger partial charge on any atom is 0.294 e. The Hall–Kier alpha value is -3.42. The topological polar surface area (TPSA) is 112 Å². The molecule has 0 bridgehead atoms. The van der Waals surface area contributed by atoms with Gasteiger partial charge in [0.25, 0.3) is 10.1 Å². The minimum Gasteiger partial charge on any atom is -0.507 e. The van der Waals surface area contributed by atoms with Gasteiger partial charge in [0.05, 0.1) is 4.90 Å². The number of aromatic hydroxyl groups is 2. The minimum atomic E-state index is -4.43. The lowest BCUT2D eigenvalue weighted by atomic mass is 9.97. The Morgan fingerprint density at radius 3 is 1.84 bits per heavy atom. The number of hydrogen-bond donors (Lipinski definition) is 3. The molecule has 3 N–H and O–H groups in total. The largest absolute Gasteiger partial charge is 0.507 e. The summed E-state index contributed by atoms with van der Waals surface area (Å²) in [5.41, 5.74) is 2.42. The van der Waals surface area contributed by atoms with Gasteiger partial charge in [0.2, 0.25) is 0 Å². The number of fused-ring (bicyclic) bond motifs is 2. The molecule has 4 aromatic carbocycles. The van der Waals surface area contributed by atoms with Crippen LogP contribution in [0.4, 0.5) is 0 Å². The molecule has 0 aliphatic heterocycles. The van der Waals surface area contributed by atoms with Gasteiger partial charge in [-0.25, -0.2) is 0 Å². The van der Waals surface area contributed by atoms with Crippen molar-refractivity contribution >= 4 is 37.4 Å². The van der Waals surface area contributed by atoms with Crippen LogP contribution in [0.25, 0.3) is 21.5 Å². The molecular formula is C24H20O6S. The van der Waals surface area contributed by atoms with Crippen LogP contribution in [0, 0.1) is 6.92 Å². The molecule has 0 radical (unpaired) electrons. The van der Waals surface area contributed by atoms with E-state index in [4.69, 9.17) is 0 Å². The first-order chi connectivity index (χ1) is 14.6. The number of carbonyl (C=O) groups excluding carboxylic acids is 1. The van der Waals surface area contributed by atoms with Crippen molar-refractivity contribution in [2.45, 2.75) is 24.7 Å². The summed E-state index contributed by atoms with van der Waals surface area (Å²) in [6.07, 6.45) is 0.322. The zero-order valence-electron chi connectivity index (χ0n) is 16.7. The van der Waals surface area contributed by atoms with E-state index in [0.29, 0.717) is 21.7 Å². The molecule has 0 fully saturated rings. The fourth-order valence-corrected chi connectivity index (χ4v) is 4.31. The number of rotatable bonds is 5. The average molecular weight is 436 g/mol. The molecule has 0 aliphatic rings. The number of carbonyl (C=O) groups is 1. The predicted octanol–water partition coefficient (Wildman–Crippen LogP) is 4.31. The summed E-state index contributed by atoms with van der Waals surface area (Å²) in [6.45, 7) is 1.90. The normalized spacial score (nSPS) is 11.8. The van der Waals surface area contributed by atoms with Gasteiger partial charge in [0.1, 0.15) is 17.3 Å². The number of ketones is 1. The molecule has 4 aromatic rings. The highest BCUT2D eigenvalue weighted by Crippen LogP contribution is 2.30. The van der Waals surface area contributed by atoms with E-state index in [1.807, 2.05) is 31.2 Å². The second-order valence-electron chi connectivity index (χ2n) is 7.70. The third-order valence-corrected chi connectivity index (χ3v) is 6.04. The van der Waals surface area contributed by atoms with E-state index < -0.39 is 15.0 Å². The fraction of sp³-hybridized carbons (Fsp3) is 0.125. The van der Waals surface area contributed by atoms with Crippen LogP contribution in [0.1, 0.15) is 16.7 Å². The number of hydrogen-bond acceptors (Lipinski definition) is 5. The highest BCUT2D eigenvalue weighted by atomic mass is 32.2. The molecule has 0 spiro atoms. The van der Waals surface area contributed by atoms with Crippen LogP contribution >= 0.6 is 0 Å². The molecule has 4 rings (SSSR count). The summed E-state index contributed by atoms with van der Waals surface area (Å²) in [5, 5.41) is 22.8. The number of phenolic OH excluding ortho intramolecular Hbond substituents is 2. The van der Waals surface area contributed by atoms with Crippen LogP contribution < -0.4 is 0 Å². The van der Waals surface area contributed by atoms with E-state index in [1.54, 1.807) is 24.3 Å². The molecule has 6 nitrogen and oxygen atoms in total. The number of Topliss-reactive ketones (excluding diaryl/α,β-unsaturated/α-hetero) is 1. The predicted molar refractivity (Wildman–Crippen MR) is 118 cm³/mol. The van der Waals surface area contributed by atoms with Crippen molar-refractivity contribution < 1.29 is 28.0 Å². The van der Waals surface area contributed by atoms with Gasteiger partial charge in [-0.05, 0) is 58.7 Å². The van der Waals surface area contributed by atoms with Gasteiger partial charge in [0, 0.05) is 29.7 Å². The molecular weight excluding hydrogens is 416 g/mol. The first-order valence-electron chi connectivity index (χ1n) is 9.57. The summed E-state index contributed by atoms with van der Waals surface area (Å²) >= 11 is 0. The van der Waals surface area contributed by atoms with Crippen LogP contribution in [-0.2, 0) is 27.8 Å². The summed E-state index contributed by atoms with van der Waals surface area (Å²) in [4.78, 5) is 12.2. The van der Waals surface area contributed by atoms with Crippen LogP contribution in [0.3, 0.4) is 0 Å². The van der Waals surface area contributed by atoms with E-state index in [1.165, 1.54) is 6.07 Å². The maximum atomic E-state index is 12.6. The summed E-state index contributed by atoms with van der Waals surface area (Å²) in [5.74, 6) is -0.155. The van der Waals surface area contributed by atoms with Crippen LogP contribution in [0.5, 0.6) is 11.5 Å². The Bertz CT molecular complexity index is 1450. The van der Waals surface area contributed by atoms with Crippen molar-refractivity contribution in [3.8, 4) is 11.5 Å². The van der Waals surface area contributed by atoms with Gasteiger partial charge in [0.15, 0.2) is 0 Å². The summed E-state index contributed by atoms with van der Waals surface area (Å²) in [7, 11) is -4.43. The Morgan fingerprint density at radius 1 is 0.774 bits per heavy atom. The molecule has 0 saturated heterocycles. The molecule has 158 valence electrons. The second kappa shape index (κ2) is 7.68. The molecule has 0 aliphatic carbocycles. The fourth-order valence-electron chi connectivity index (χ4n) is 3.78.